The molecule has 1 amide bonds. The summed E-state index contributed by atoms with van der Waals surface area (Å²) in [6.45, 7) is 7.08. The number of aliphatic carboxylic acids is 1. The third-order valence-corrected chi connectivity index (χ3v) is 4.22. The number of ether oxygens (including phenoxy) is 2. The van der Waals surface area contributed by atoms with Crippen LogP contribution in [0, 0.1) is 5.92 Å². The number of rotatable bonds is 1. The number of carboxylic acid groups (broad SMARTS) is 1. The van der Waals surface area contributed by atoms with Gasteiger partial charge in [-0.3, -0.25) is 4.79 Å². The second-order valence-corrected chi connectivity index (χ2v) is 6.91. The van der Waals surface area contributed by atoms with Crippen LogP contribution in [0.1, 0.15) is 46.5 Å². The number of hydrogen-bond acceptors (Lipinski definition) is 4. The van der Waals surface area contributed by atoms with Crippen molar-refractivity contribution in [1.82, 2.24) is 4.90 Å². The van der Waals surface area contributed by atoms with Gasteiger partial charge in [0, 0.05) is 19.7 Å². The summed E-state index contributed by atoms with van der Waals surface area (Å²) < 4.78 is 11.2. The molecule has 0 aliphatic carbocycles. The third kappa shape index (κ3) is 3.67. The van der Waals surface area contributed by atoms with Crippen molar-refractivity contribution in [2.45, 2.75) is 57.7 Å². The molecule has 2 saturated heterocycles. The molecular formula is C15H25NO5. The molecule has 1 unspecified atom stereocenters. The van der Waals surface area contributed by atoms with Crippen molar-refractivity contribution in [2.75, 3.05) is 19.7 Å². The number of likely N-dealkylation sites (tertiary alicyclic amines) is 1. The Morgan fingerprint density at radius 1 is 1.29 bits per heavy atom. The fourth-order valence-electron chi connectivity index (χ4n) is 3.16. The van der Waals surface area contributed by atoms with E-state index in [0.29, 0.717) is 39.0 Å². The number of carboxylic acids is 1. The number of carbonyl (C=O) groups is 2. The molecule has 6 nitrogen and oxygen atoms in total. The van der Waals surface area contributed by atoms with Gasteiger partial charge in [0.25, 0.3) is 0 Å². The Morgan fingerprint density at radius 2 is 1.90 bits per heavy atom. The number of hydrogen-bond donors (Lipinski definition) is 1. The van der Waals surface area contributed by atoms with Crippen LogP contribution in [0.15, 0.2) is 0 Å². The van der Waals surface area contributed by atoms with Gasteiger partial charge in [-0.25, -0.2) is 4.79 Å². The van der Waals surface area contributed by atoms with Gasteiger partial charge < -0.3 is 19.5 Å². The minimum atomic E-state index is -0.791. The van der Waals surface area contributed by atoms with E-state index in [1.54, 1.807) is 4.90 Å². The lowest BCUT2D eigenvalue weighted by molar-refractivity contribution is -0.177. The second kappa shape index (κ2) is 5.83. The highest BCUT2D eigenvalue weighted by Crippen LogP contribution is 2.40. The molecule has 2 heterocycles. The highest BCUT2D eigenvalue weighted by Gasteiger charge is 2.48. The van der Waals surface area contributed by atoms with Crippen LogP contribution in [-0.2, 0) is 14.3 Å². The van der Waals surface area contributed by atoms with E-state index in [2.05, 4.69) is 0 Å². The summed E-state index contributed by atoms with van der Waals surface area (Å²) in [4.78, 5) is 25.1. The predicted molar refractivity (Wildman–Crippen MR) is 76.1 cm³/mol. The summed E-state index contributed by atoms with van der Waals surface area (Å²) in [6.07, 6.45) is 2.22. The smallest absolute Gasteiger partial charge is 0.410 e. The van der Waals surface area contributed by atoms with E-state index in [4.69, 9.17) is 9.47 Å². The first-order valence-corrected chi connectivity index (χ1v) is 7.58. The van der Waals surface area contributed by atoms with Crippen molar-refractivity contribution >= 4 is 12.1 Å². The first-order valence-electron chi connectivity index (χ1n) is 7.58. The van der Waals surface area contributed by atoms with Crippen LogP contribution in [0.4, 0.5) is 4.79 Å². The molecule has 1 spiro atoms. The highest BCUT2D eigenvalue weighted by molar-refractivity contribution is 5.72. The van der Waals surface area contributed by atoms with Gasteiger partial charge in [0.2, 0.25) is 0 Å². The van der Waals surface area contributed by atoms with Gasteiger partial charge in [0.1, 0.15) is 5.60 Å². The van der Waals surface area contributed by atoms with Crippen LogP contribution < -0.4 is 0 Å². The maximum Gasteiger partial charge on any atom is 0.410 e. The van der Waals surface area contributed by atoms with E-state index in [1.807, 2.05) is 20.8 Å². The van der Waals surface area contributed by atoms with Gasteiger partial charge in [-0.15, -0.1) is 0 Å². The molecule has 2 aliphatic rings. The fraction of sp³-hybridized carbons (Fsp3) is 0.867. The van der Waals surface area contributed by atoms with E-state index < -0.39 is 23.1 Å². The summed E-state index contributed by atoms with van der Waals surface area (Å²) in [6, 6.07) is 0. The zero-order chi connectivity index (χ0) is 15.7. The van der Waals surface area contributed by atoms with Crippen LogP contribution in [0.2, 0.25) is 0 Å². The van der Waals surface area contributed by atoms with E-state index in [0.717, 1.165) is 6.42 Å². The average Bonchev–Trinajstić information content (AvgIpc) is 2.37. The Bertz CT molecular complexity index is 407. The largest absolute Gasteiger partial charge is 0.481 e. The van der Waals surface area contributed by atoms with E-state index in [-0.39, 0.29) is 6.09 Å². The lowest BCUT2D eigenvalue weighted by Gasteiger charge is -2.47. The van der Waals surface area contributed by atoms with Crippen molar-refractivity contribution in [1.29, 1.82) is 0 Å². The maximum absolute atomic E-state index is 12.0. The van der Waals surface area contributed by atoms with Gasteiger partial charge >= 0.3 is 12.1 Å². The Labute approximate surface area is 125 Å². The first kappa shape index (κ1) is 16.1. The molecule has 21 heavy (non-hydrogen) atoms. The maximum atomic E-state index is 12.0. The summed E-state index contributed by atoms with van der Waals surface area (Å²) in [5, 5.41) is 9.40. The Morgan fingerprint density at radius 3 is 2.43 bits per heavy atom. The number of carbonyl (C=O) groups excluding carboxylic acids is 1. The molecule has 2 rings (SSSR count). The summed E-state index contributed by atoms with van der Waals surface area (Å²) >= 11 is 0. The van der Waals surface area contributed by atoms with E-state index in [9.17, 15) is 14.7 Å². The predicted octanol–water partition coefficient (Wildman–Crippen LogP) is 2.27. The lowest BCUT2D eigenvalue weighted by atomic mass is 9.75. The number of amides is 1. The van der Waals surface area contributed by atoms with Gasteiger partial charge in [-0.05, 0) is 46.5 Å². The van der Waals surface area contributed by atoms with Crippen LogP contribution in [0.25, 0.3) is 0 Å². The van der Waals surface area contributed by atoms with Crippen LogP contribution in [0.3, 0.4) is 0 Å². The summed E-state index contributed by atoms with van der Waals surface area (Å²) in [5.41, 5.74) is -1.13. The molecule has 2 aliphatic heterocycles. The second-order valence-electron chi connectivity index (χ2n) is 6.91. The molecule has 0 saturated carbocycles. The molecule has 1 N–H and O–H groups in total. The SMILES string of the molecule is CC(C)(C)OC(=O)N1CCC2(CC1)OCCCC2C(=O)O. The molecule has 2 fully saturated rings. The minimum absolute atomic E-state index is 0.333. The average molecular weight is 299 g/mol. The monoisotopic (exact) mass is 299 g/mol. The van der Waals surface area contributed by atoms with Crippen molar-refractivity contribution in [2.24, 2.45) is 5.92 Å². The Hall–Kier alpha value is -1.30. The third-order valence-electron chi connectivity index (χ3n) is 4.22. The van der Waals surface area contributed by atoms with Gasteiger partial charge in [0.15, 0.2) is 0 Å². The molecule has 0 bridgehead atoms. The standard InChI is InChI=1S/C15H25NO5/c1-14(2,3)21-13(19)16-8-6-15(7-9-16)11(12(17)18)5-4-10-20-15/h11H,4-10H2,1-3H3,(H,17,18). The molecule has 0 aromatic carbocycles. The molecular weight excluding hydrogens is 274 g/mol. The molecule has 0 aromatic rings. The molecule has 6 heteroatoms. The minimum Gasteiger partial charge on any atom is -0.481 e. The quantitative estimate of drug-likeness (QED) is 0.803. The normalized spacial score (nSPS) is 25.7. The van der Waals surface area contributed by atoms with E-state index in [1.165, 1.54) is 0 Å². The molecule has 120 valence electrons. The lowest BCUT2D eigenvalue weighted by Crippen LogP contribution is -2.56. The van der Waals surface area contributed by atoms with E-state index >= 15 is 0 Å². The van der Waals surface area contributed by atoms with Gasteiger partial charge in [-0.2, -0.15) is 0 Å². The van der Waals surface area contributed by atoms with Crippen LogP contribution >= 0.6 is 0 Å². The molecule has 0 radical (unpaired) electrons. The van der Waals surface area contributed by atoms with Crippen molar-refractivity contribution < 1.29 is 24.2 Å². The van der Waals surface area contributed by atoms with Crippen LogP contribution in [0.5, 0.6) is 0 Å². The molecule has 1 atom stereocenters. The number of nitrogens with zero attached hydrogens (tertiary/aromatic N) is 1. The summed E-state index contributed by atoms with van der Waals surface area (Å²) in [7, 11) is 0. The zero-order valence-corrected chi connectivity index (χ0v) is 13.1. The van der Waals surface area contributed by atoms with Gasteiger partial charge in [-0.1, -0.05) is 0 Å². The van der Waals surface area contributed by atoms with Crippen molar-refractivity contribution in [3.63, 3.8) is 0 Å². The first-order chi connectivity index (χ1) is 9.73. The summed E-state index contributed by atoms with van der Waals surface area (Å²) in [5.74, 6) is -1.26. The van der Waals surface area contributed by atoms with Crippen LogP contribution in [-0.4, -0.2) is 53.0 Å². The molecule has 0 aromatic heterocycles. The Kier molecular flexibility index (Phi) is 4.46. The number of piperidine rings is 1. The highest BCUT2D eigenvalue weighted by atomic mass is 16.6. The Balaban J connectivity index is 1.98. The zero-order valence-electron chi connectivity index (χ0n) is 13.1. The van der Waals surface area contributed by atoms with Crippen molar-refractivity contribution in [3.8, 4) is 0 Å². The fourth-order valence-corrected chi connectivity index (χ4v) is 3.16. The van der Waals surface area contributed by atoms with Gasteiger partial charge in [0.05, 0.1) is 11.5 Å². The van der Waals surface area contributed by atoms with Crippen molar-refractivity contribution in [3.05, 3.63) is 0 Å². The topological polar surface area (TPSA) is 76.1 Å².